The smallest absolute Gasteiger partial charge is 0.413 e. The zero-order valence-electron chi connectivity index (χ0n) is 6.36. The highest BCUT2D eigenvalue weighted by atomic mass is 16.5. The molecule has 0 saturated carbocycles. The van der Waals surface area contributed by atoms with Crippen LogP contribution < -0.4 is 0 Å². The summed E-state index contributed by atoms with van der Waals surface area (Å²) in [6, 6.07) is -0.137. The van der Waals surface area contributed by atoms with Crippen molar-refractivity contribution in [3.8, 4) is 0 Å². The van der Waals surface area contributed by atoms with E-state index in [2.05, 4.69) is 4.74 Å². The fourth-order valence-corrected chi connectivity index (χ4v) is 1.04. The molecule has 1 N–H and O–H groups in total. The average Bonchev–Trinajstić information content (AvgIpc) is 2.50. The topological polar surface area (TPSA) is 49.8 Å². The van der Waals surface area contributed by atoms with Crippen molar-refractivity contribution in [1.29, 1.82) is 0 Å². The van der Waals surface area contributed by atoms with Crippen molar-refractivity contribution in [2.24, 2.45) is 0 Å². The van der Waals surface area contributed by atoms with Crippen molar-refractivity contribution < 1.29 is 14.6 Å². The summed E-state index contributed by atoms with van der Waals surface area (Å²) in [7, 11) is 1.32. The van der Waals surface area contributed by atoms with E-state index in [1.165, 1.54) is 12.0 Å². The van der Waals surface area contributed by atoms with Gasteiger partial charge in [0.1, 0.15) is 0 Å². The monoisotopic (exact) mass is 157 g/mol. The summed E-state index contributed by atoms with van der Waals surface area (Å²) in [6.45, 7) is -0.0257. The fourth-order valence-electron chi connectivity index (χ4n) is 1.04. The van der Waals surface area contributed by atoms with Gasteiger partial charge in [-0.25, -0.2) is 4.79 Å². The molecule has 4 heteroatoms. The van der Waals surface area contributed by atoms with Gasteiger partial charge in [-0.3, -0.25) is 4.90 Å². The maximum atomic E-state index is 10.9. The summed E-state index contributed by atoms with van der Waals surface area (Å²) < 4.78 is 4.49. The summed E-state index contributed by atoms with van der Waals surface area (Å²) in [6.07, 6.45) is 3.74. The highest BCUT2D eigenvalue weighted by molar-refractivity contribution is 5.69. The number of methoxy groups -OCH3 is 1. The number of carbonyl (C=O) groups excluding carboxylic acids is 1. The Morgan fingerprint density at radius 3 is 3.18 bits per heavy atom. The third-order valence-corrected chi connectivity index (χ3v) is 1.66. The maximum absolute atomic E-state index is 10.9. The molecule has 11 heavy (non-hydrogen) atoms. The van der Waals surface area contributed by atoms with E-state index < -0.39 is 6.09 Å². The number of hydrogen-bond donors (Lipinski definition) is 1. The predicted octanol–water partition coefficient (Wildman–Crippen LogP) is 0.333. The van der Waals surface area contributed by atoms with Crippen LogP contribution in [0.1, 0.15) is 6.42 Å². The number of nitrogens with zero attached hydrogens (tertiary/aromatic N) is 1. The van der Waals surface area contributed by atoms with Crippen LogP contribution in [0.4, 0.5) is 4.79 Å². The number of carbonyl (C=O) groups is 1. The van der Waals surface area contributed by atoms with Gasteiger partial charge in [0.2, 0.25) is 0 Å². The highest BCUT2D eigenvalue weighted by Crippen LogP contribution is 2.14. The van der Waals surface area contributed by atoms with Crippen molar-refractivity contribution in [3.63, 3.8) is 0 Å². The third kappa shape index (κ3) is 1.51. The lowest BCUT2D eigenvalue weighted by Crippen LogP contribution is -2.35. The van der Waals surface area contributed by atoms with Crippen LogP contribution in [-0.4, -0.2) is 35.9 Å². The number of ether oxygens (including phenoxy) is 1. The van der Waals surface area contributed by atoms with Gasteiger partial charge in [0, 0.05) is 6.20 Å². The van der Waals surface area contributed by atoms with Gasteiger partial charge in [0.05, 0.1) is 19.8 Å². The van der Waals surface area contributed by atoms with Crippen LogP contribution in [-0.2, 0) is 4.74 Å². The Kier molecular flexibility index (Phi) is 2.48. The van der Waals surface area contributed by atoms with Gasteiger partial charge in [-0.1, -0.05) is 6.08 Å². The number of amides is 1. The number of rotatable bonds is 1. The quantitative estimate of drug-likeness (QED) is 0.596. The third-order valence-electron chi connectivity index (χ3n) is 1.66. The van der Waals surface area contributed by atoms with E-state index in [1.807, 2.05) is 6.08 Å². The van der Waals surface area contributed by atoms with E-state index >= 15 is 0 Å². The second-order valence-electron chi connectivity index (χ2n) is 2.33. The van der Waals surface area contributed by atoms with Crippen LogP contribution in [0.5, 0.6) is 0 Å². The van der Waals surface area contributed by atoms with Gasteiger partial charge < -0.3 is 9.84 Å². The van der Waals surface area contributed by atoms with E-state index in [0.29, 0.717) is 6.42 Å². The van der Waals surface area contributed by atoms with Gasteiger partial charge in [-0.15, -0.1) is 0 Å². The van der Waals surface area contributed by atoms with Crippen LogP contribution in [0.3, 0.4) is 0 Å². The van der Waals surface area contributed by atoms with Crippen LogP contribution in [0.2, 0.25) is 0 Å². The molecule has 4 nitrogen and oxygen atoms in total. The molecule has 0 spiro atoms. The molecule has 1 rings (SSSR count). The number of aliphatic hydroxyl groups excluding tert-OH is 1. The first-order valence-electron chi connectivity index (χ1n) is 3.43. The minimum absolute atomic E-state index is 0.0257. The van der Waals surface area contributed by atoms with Gasteiger partial charge in [-0.05, 0) is 6.42 Å². The fraction of sp³-hybridized carbons (Fsp3) is 0.571. The standard InChI is InChI=1S/C7H11NO3/c1-11-7(10)8-4-2-3-6(8)5-9/h2,4,6,9H,3,5H2,1H3/t6-/m0/s1. The number of hydrogen-bond acceptors (Lipinski definition) is 3. The molecule has 0 aromatic rings. The summed E-state index contributed by atoms with van der Waals surface area (Å²) in [5.74, 6) is 0. The van der Waals surface area contributed by atoms with E-state index in [1.54, 1.807) is 6.20 Å². The zero-order valence-corrected chi connectivity index (χ0v) is 6.36. The zero-order chi connectivity index (χ0) is 8.27. The molecule has 1 amide bonds. The van der Waals surface area contributed by atoms with Crippen LogP contribution in [0.15, 0.2) is 12.3 Å². The van der Waals surface area contributed by atoms with Crippen molar-refractivity contribution in [3.05, 3.63) is 12.3 Å². The lowest BCUT2D eigenvalue weighted by Gasteiger charge is -2.19. The minimum atomic E-state index is -0.419. The van der Waals surface area contributed by atoms with Crippen LogP contribution in [0, 0.1) is 0 Å². The first kappa shape index (κ1) is 8.07. The Hall–Kier alpha value is -1.03. The first-order valence-corrected chi connectivity index (χ1v) is 3.43. The van der Waals surface area contributed by atoms with Gasteiger partial charge in [0.15, 0.2) is 0 Å². The van der Waals surface area contributed by atoms with Crippen LogP contribution in [0.25, 0.3) is 0 Å². The van der Waals surface area contributed by atoms with Crippen molar-refractivity contribution >= 4 is 6.09 Å². The summed E-state index contributed by atoms with van der Waals surface area (Å²) >= 11 is 0. The Balaban J connectivity index is 2.55. The highest BCUT2D eigenvalue weighted by Gasteiger charge is 2.24. The first-order chi connectivity index (χ1) is 5.29. The molecule has 0 aliphatic carbocycles. The second-order valence-corrected chi connectivity index (χ2v) is 2.33. The minimum Gasteiger partial charge on any atom is -0.452 e. The van der Waals surface area contributed by atoms with Crippen LogP contribution >= 0.6 is 0 Å². The molecule has 1 aliphatic heterocycles. The largest absolute Gasteiger partial charge is 0.452 e. The lowest BCUT2D eigenvalue weighted by molar-refractivity contribution is 0.113. The molecule has 1 aliphatic rings. The molecule has 0 bridgehead atoms. The van der Waals surface area contributed by atoms with Crippen molar-refractivity contribution in [2.45, 2.75) is 12.5 Å². The van der Waals surface area contributed by atoms with E-state index in [0.717, 1.165) is 0 Å². The maximum Gasteiger partial charge on any atom is 0.413 e. The summed E-state index contributed by atoms with van der Waals surface area (Å²) in [4.78, 5) is 12.3. The molecule has 0 fully saturated rings. The van der Waals surface area contributed by atoms with Crippen molar-refractivity contribution in [2.75, 3.05) is 13.7 Å². The molecule has 0 radical (unpaired) electrons. The molecule has 1 heterocycles. The van der Waals surface area contributed by atoms with Gasteiger partial charge in [0.25, 0.3) is 0 Å². The SMILES string of the molecule is COC(=O)N1C=CC[C@H]1CO. The normalized spacial score (nSPS) is 22.4. The Labute approximate surface area is 65.1 Å². The van der Waals surface area contributed by atoms with Crippen molar-refractivity contribution in [1.82, 2.24) is 4.90 Å². The molecule has 0 unspecified atom stereocenters. The van der Waals surface area contributed by atoms with Gasteiger partial charge >= 0.3 is 6.09 Å². The molecule has 62 valence electrons. The summed E-state index contributed by atoms with van der Waals surface area (Å²) in [5.41, 5.74) is 0. The molecule has 0 saturated heterocycles. The average molecular weight is 157 g/mol. The Bertz CT molecular complexity index is 179. The Morgan fingerprint density at radius 2 is 2.64 bits per heavy atom. The van der Waals surface area contributed by atoms with Gasteiger partial charge in [-0.2, -0.15) is 0 Å². The predicted molar refractivity (Wildman–Crippen MR) is 38.9 cm³/mol. The van der Waals surface area contributed by atoms with E-state index in [4.69, 9.17) is 5.11 Å². The molecule has 0 aromatic carbocycles. The number of aliphatic hydroxyl groups is 1. The molecular weight excluding hydrogens is 146 g/mol. The Morgan fingerprint density at radius 1 is 1.91 bits per heavy atom. The van der Waals surface area contributed by atoms with E-state index in [-0.39, 0.29) is 12.6 Å². The molecule has 1 atom stereocenters. The molecular formula is C7H11NO3. The lowest BCUT2D eigenvalue weighted by atomic mass is 10.2. The van der Waals surface area contributed by atoms with E-state index in [9.17, 15) is 4.79 Å². The second kappa shape index (κ2) is 3.39. The summed E-state index contributed by atoms with van der Waals surface area (Å²) in [5, 5.41) is 8.79. The molecule has 0 aromatic heterocycles.